The molecule has 106 valence electrons. The van der Waals surface area contributed by atoms with E-state index in [2.05, 4.69) is 61.7 Å². The number of aromatic nitrogens is 1. The third-order valence-electron chi connectivity index (χ3n) is 3.08. The molecule has 0 aliphatic heterocycles. The molecule has 2 rings (SSSR count). The second-order valence-electron chi connectivity index (χ2n) is 4.88. The van der Waals surface area contributed by atoms with Gasteiger partial charge in [-0.1, -0.05) is 18.2 Å². The van der Waals surface area contributed by atoms with E-state index in [9.17, 15) is 0 Å². The maximum Gasteiger partial charge on any atom is 0.143 e. The second kappa shape index (κ2) is 6.59. The van der Waals surface area contributed by atoms with E-state index >= 15 is 0 Å². The van der Waals surface area contributed by atoms with Gasteiger partial charge >= 0.3 is 0 Å². The zero-order valence-corrected chi connectivity index (χ0v) is 14.6. The first-order chi connectivity index (χ1) is 9.49. The molecule has 3 nitrogen and oxygen atoms in total. The summed E-state index contributed by atoms with van der Waals surface area (Å²) in [4.78, 5) is 6.74. The summed E-state index contributed by atoms with van der Waals surface area (Å²) >= 11 is 7.01. The molecule has 0 bridgehead atoms. The molecule has 1 heterocycles. The molecule has 0 fully saturated rings. The first-order valence-corrected chi connectivity index (χ1v) is 7.98. The van der Waals surface area contributed by atoms with Crippen LogP contribution in [0.25, 0.3) is 0 Å². The molecule has 0 unspecified atom stereocenters. The van der Waals surface area contributed by atoms with E-state index in [0.29, 0.717) is 6.04 Å². The van der Waals surface area contributed by atoms with Crippen molar-refractivity contribution in [2.24, 2.45) is 0 Å². The van der Waals surface area contributed by atoms with Crippen LogP contribution in [0.5, 0.6) is 0 Å². The Bertz CT molecular complexity index is 599. The van der Waals surface area contributed by atoms with Crippen molar-refractivity contribution < 1.29 is 0 Å². The molecule has 1 aromatic heterocycles. The molecular weight excluding hydrogens is 382 g/mol. The number of hydrogen-bond acceptors (Lipinski definition) is 3. The molecule has 1 aromatic carbocycles. The van der Waals surface area contributed by atoms with Crippen molar-refractivity contribution in [3.05, 3.63) is 51.0 Å². The fourth-order valence-corrected chi connectivity index (χ4v) is 3.20. The summed E-state index contributed by atoms with van der Waals surface area (Å²) in [5.41, 5.74) is 7.96. The van der Waals surface area contributed by atoms with Crippen molar-refractivity contribution in [1.82, 2.24) is 4.98 Å². The number of nitrogens with zero attached hydrogens (tertiary/aromatic N) is 2. The van der Waals surface area contributed by atoms with Crippen molar-refractivity contribution in [1.29, 1.82) is 0 Å². The minimum Gasteiger partial charge on any atom is -0.398 e. The largest absolute Gasteiger partial charge is 0.398 e. The number of hydrogen-bond donors (Lipinski definition) is 1. The molecule has 0 saturated carbocycles. The first kappa shape index (κ1) is 15.3. The van der Waals surface area contributed by atoms with Crippen molar-refractivity contribution in [3.8, 4) is 0 Å². The molecule has 2 aromatic rings. The van der Waals surface area contributed by atoms with Crippen LogP contribution >= 0.6 is 31.9 Å². The lowest BCUT2D eigenvalue weighted by atomic mass is 10.1. The minimum atomic E-state index is 0.319. The highest BCUT2D eigenvalue weighted by molar-refractivity contribution is 9.11. The summed E-state index contributed by atoms with van der Waals surface area (Å²) < 4.78 is 1.92. The molecule has 0 amide bonds. The average molecular weight is 399 g/mol. The van der Waals surface area contributed by atoms with Gasteiger partial charge in [0.05, 0.1) is 4.47 Å². The lowest BCUT2D eigenvalue weighted by Gasteiger charge is -2.29. The van der Waals surface area contributed by atoms with Crippen LogP contribution in [0, 0.1) is 0 Å². The SMILES string of the molecule is CC(C)N(Cc1ccccc1N)c1ncc(Br)cc1Br. The van der Waals surface area contributed by atoms with E-state index in [1.807, 2.05) is 30.5 Å². The van der Waals surface area contributed by atoms with Crippen LogP contribution in [-0.2, 0) is 6.54 Å². The molecule has 2 N–H and O–H groups in total. The van der Waals surface area contributed by atoms with Crippen LogP contribution in [-0.4, -0.2) is 11.0 Å². The number of benzene rings is 1. The Morgan fingerprint density at radius 1 is 1.25 bits per heavy atom. The van der Waals surface area contributed by atoms with E-state index in [1.165, 1.54) is 0 Å². The van der Waals surface area contributed by atoms with Gasteiger partial charge in [0.2, 0.25) is 0 Å². The highest BCUT2D eigenvalue weighted by Gasteiger charge is 2.16. The van der Waals surface area contributed by atoms with Crippen molar-refractivity contribution in [3.63, 3.8) is 0 Å². The Morgan fingerprint density at radius 3 is 2.55 bits per heavy atom. The fourth-order valence-electron chi connectivity index (χ4n) is 1.98. The molecule has 0 radical (unpaired) electrons. The normalized spacial score (nSPS) is 10.8. The van der Waals surface area contributed by atoms with E-state index < -0.39 is 0 Å². The highest BCUT2D eigenvalue weighted by Crippen LogP contribution is 2.29. The smallest absolute Gasteiger partial charge is 0.143 e. The monoisotopic (exact) mass is 397 g/mol. The van der Waals surface area contributed by atoms with E-state index in [-0.39, 0.29) is 0 Å². The van der Waals surface area contributed by atoms with Gasteiger partial charge in [0.15, 0.2) is 0 Å². The van der Waals surface area contributed by atoms with Crippen LogP contribution in [0.4, 0.5) is 11.5 Å². The van der Waals surface area contributed by atoms with Gasteiger partial charge in [-0.3, -0.25) is 0 Å². The van der Waals surface area contributed by atoms with Crippen molar-refractivity contribution in [2.75, 3.05) is 10.6 Å². The number of pyridine rings is 1. The van der Waals surface area contributed by atoms with Crippen LogP contribution in [0.2, 0.25) is 0 Å². The lowest BCUT2D eigenvalue weighted by Crippen LogP contribution is -2.31. The van der Waals surface area contributed by atoms with Crippen LogP contribution in [0.3, 0.4) is 0 Å². The molecule has 0 aliphatic rings. The van der Waals surface area contributed by atoms with Gasteiger partial charge in [-0.2, -0.15) is 0 Å². The highest BCUT2D eigenvalue weighted by atomic mass is 79.9. The fraction of sp³-hybridized carbons (Fsp3) is 0.267. The Labute approximate surface area is 136 Å². The van der Waals surface area contributed by atoms with Crippen LogP contribution < -0.4 is 10.6 Å². The van der Waals surface area contributed by atoms with Gasteiger partial charge in [-0.25, -0.2) is 4.98 Å². The quantitative estimate of drug-likeness (QED) is 0.765. The number of nitrogens with two attached hydrogens (primary N) is 1. The number of para-hydroxylation sites is 1. The van der Waals surface area contributed by atoms with Gasteiger partial charge < -0.3 is 10.6 Å². The number of nitrogen functional groups attached to an aromatic ring is 1. The van der Waals surface area contributed by atoms with Gasteiger partial charge in [-0.05, 0) is 63.4 Å². The maximum absolute atomic E-state index is 6.04. The number of anilines is 2. The predicted octanol–water partition coefficient (Wildman–Crippen LogP) is 4.60. The zero-order chi connectivity index (χ0) is 14.7. The third kappa shape index (κ3) is 3.52. The Hall–Kier alpha value is -1.07. The summed E-state index contributed by atoms with van der Waals surface area (Å²) in [7, 11) is 0. The number of rotatable bonds is 4. The minimum absolute atomic E-state index is 0.319. The van der Waals surface area contributed by atoms with Crippen molar-refractivity contribution in [2.45, 2.75) is 26.4 Å². The Morgan fingerprint density at radius 2 is 1.95 bits per heavy atom. The van der Waals surface area contributed by atoms with Gasteiger partial charge in [0.1, 0.15) is 5.82 Å². The molecular formula is C15H17Br2N3. The standard InChI is InChI=1S/C15H17Br2N3/c1-10(2)20(9-11-5-3-4-6-14(11)18)15-13(17)7-12(16)8-19-15/h3-8,10H,9,18H2,1-2H3. The van der Waals surface area contributed by atoms with E-state index in [4.69, 9.17) is 5.73 Å². The predicted molar refractivity (Wildman–Crippen MR) is 91.8 cm³/mol. The molecule has 0 saturated heterocycles. The van der Waals surface area contributed by atoms with Gasteiger partial charge in [0.25, 0.3) is 0 Å². The molecule has 5 heteroatoms. The van der Waals surface area contributed by atoms with Gasteiger partial charge in [-0.15, -0.1) is 0 Å². The van der Waals surface area contributed by atoms with Crippen LogP contribution in [0.15, 0.2) is 45.5 Å². The summed E-state index contributed by atoms with van der Waals surface area (Å²) in [6.07, 6.45) is 1.81. The topological polar surface area (TPSA) is 42.1 Å². The van der Waals surface area contributed by atoms with Crippen molar-refractivity contribution >= 4 is 43.4 Å². The Balaban J connectivity index is 2.35. The zero-order valence-electron chi connectivity index (χ0n) is 11.5. The second-order valence-corrected chi connectivity index (χ2v) is 6.65. The van der Waals surface area contributed by atoms with E-state index in [1.54, 1.807) is 0 Å². The molecule has 20 heavy (non-hydrogen) atoms. The molecule has 0 atom stereocenters. The lowest BCUT2D eigenvalue weighted by molar-refractivity contribution is 0.671. The van der Waals surface area contributed by atoms with E-state index in [0.717, 1.165) is 32.6 Å². The third-order valence-corrected chi connectivity index (χ3v) is 4.10. The first-order valence-electron chi connectivity index (χ1n) is 6.40. The maximum atomic E-state index is 6.04. The van der Waals surface area contributed by atoms with Crippen LogP contribution in [0.1, 0.15) is 19.4 Å². The molecule has 0 aliphatic carbocycles. The summed E-state index contributed by atoms with van der Waals surface area (Å²) in [5, 5.41) is 0. The summed E-state index contributed by atoms with van der Waals surface area (Å²) in [5.74, 6) is 0.923. The number of halogens is 2. The average Bonchev–Trinajstić information content (AvgIpc) is 2.38. The summed E-state index contributed by atoms with van der Waals surface area (Å²) in [6.45, 7) is 5.03. The van der Waals surface area contributed by atoms with Gasteiger partial charge in [0, 0.05) is 28.9 Å². The summed E-state index contributed by atoms with van der Waals surface area (Å²) in [6, 6.07) is 10.3. The molecule has 0 spiro atoms. The Kier molecular flexibility index (Phi) is 5.05.